The lowest BCUT2D eigenvalue weighted by Gasteiger charge is -2.31. The van der Waals surface area contributed by atoms with Gasteiger partial charge in [-0.1, -0.05) is 0 Å². The zero-order chi connectivity index (χ0) is 22.6. The van der Waals surface area contributed by atoms with Crippen LogP contribution in [0.5, 0.6) is 5.75 Å². The van der Waals surface area contributed by atoms with E-state index < -0.39 is 4.92 Å². The number of ether oxygens (including phenoxy) is 2. The van der Waals surface area contributed by atoms with E-state index in [4.69, 9.17) is 9.47 Å². The van der Waals surface area contributed by atoms with Crippen LogP contribution in [0.15, 0.2) is 42.9 Å². The van der Waals surface area contributed by atoms with Crippen molar-refractivity contribution in [3.63, 3.8) is 0 Å². The molecule has 5 rings (SSSR count). The van der Waals surface area contributed by atoms with Gasteiger partial charge in [0, 0.05) is 49.3 Å². The van der Waals surface area contributed by atoms with Crippen molar-refractivity contribution >= 4 is 28.2 Å². The molecule has 1 aliphatic heterocycles. The van der Waals surface area contributed by atoms with Crippen molar-refractivity contribution in [2.75, 3.05) is 36.5 Å². The highest BCUT2D eigenvalue weighted by molar-refractivity contribution is 5.85. The van der Waals surface area contributed by atoms with E-state index in [1.807, 2.05) is 0 Å². The minimum absolute atomic E-state index is 0.00714. The number of nitrogens with zero attached hydrogens (tertiary/aromatic N) is 5. The lowest BCUT2D eigenvalue weighted by molar-refractivity contribution is -0.385. The Morgan fingerprint density at radius 3 is 2.58 bits per heavy atom. The van der Waals surface area contributed by atoms with Crippen molar-refractivity contribution in [3.8, 4) is 5.75 Å². The van der Waals surface area contributed by atoms with E-state index >= 15 is 0 Å². The zero-order valence-corrected chi connectivity index (χ0v) is 18.2. The number of anilines is 2. The SMILES string of the molecule is O=[N+]([O-])c1ccc(NC2CCC(Oc3cc(N4CCOCC4)cc4nccnc34)CC2)nc1. The fourth-order valence-corrected chi connectivity index (χ4v) is 4.42. The van der Waals surface area contributed by atoms with Crippen molar-refractivity contribution in [3.05, 3.63) is 53.0 Å². The minimum Gasteiger partial charge on any atom is -0.488 e. The van der Waals surface area contributed by atoms with Crippen LogP contribution in [0.25, 0.3) is 11.0 Å². The van der Waals surface area contributed by atoms with E-state index in [-0.39, 0.29) is 17.8 Å². The van der Waals surface area contributed by atoms with Crippen LogP contribution < -0.4 is 15.0 Å². The highest BCUT2D eigenvalue weighted by Gasteiger charge is 2.24. The third kappa shape index (κ3) is 4.95. The Bertz CT molecular complexity index is 1110. The van der Waals surface area contributed by atoms with Crippen LogP contribution in [0.4, 0.5) is 17.2 Å². The molecule has 0 bridgehead atoms. The average molecular weight is 450 g/mol. The number of rotatable bonds is 6. The minimum atomic E-state index is -0.443. The second kappa shape index (κ2) is 9.53. The molecular weight excluding hydrogens is 424 g/mol. The number of nitro groups is 1. The molecule has 0 spiro atoms. The molecule has 0 amide bonds. The molecule has 33 heavy (non-hydrogen) atoms. The lowest BCUT2D eigenvalue weighted by Crippen LogP contribution is -2.36. The largest absolute Gasteiger partial charge is 0.488 e. The first-order chi connectivity index (χ1) is 16.2. The molecular formula is C23H26N6O4. The fraction of sp³-hybridized carbons (Fsp3) is 0.435. The Hall–Kier alpha value is -3.53. The quantitative estimate of drug-likeness (QED) is 0.444. The number of morpholine rings is 1. The number of benzene rings is 1. The Labute approximate surface area is 191 Å². The standard InChI is InChI=1S/C23H26N6O4/c30-29(31)17-3-6-22(26-15-17)27-16-1-4-19(5-2-16)33-21-14-18(28-9-11-32-12-10-28)13-20-23(21)25-8-7-24-20/h3,6-8,13-16,19H,1-2,4-5,9-12H2,(H,26,27). The third-order valence-electron chi connectivity index (χ3n) is 6.18. The van der Waals surface area contributed by atoms with Gasteiger partial charge in [-0.15, -0.1) is 0 Å². The summed E-state index contributed by atoms with van der Waals surface area (Å²) in [7, 11) is 0. The second-order valence-corrected chi connectivity index (χ2v) is 8.36. The molecule has 1 aromatic carbocycles. The summed E-state index contributed by atoms with van der Waals surface area (Å²) in [6.45, 7) is 3.13. The van der Waals surface area contributed by atoms with Gasteiger partial charge in [0.1, 0.15) is 23.3 Å². The molecule has 2 aliphatic rings. The van der Waals surface area contributed by atoms with Crippen LogP contribution in [0.3, 0.4) is 0 Å². The average Bonchev–Trinajstić information content (AvgIpc) is 2.86. The molecule has 1 N–H and O–H groups in total. The highest BCUT2D eigenvalue weighted by atomic mass is 16.6. The van der Waals surface area contributed by atoms with Crippen LogP contribution >= 0.6 is 0 Å². The van der Waals surface area contributed by atoms with E-state index in [9.17, 15) is 10.1 Å². The number of hydrogen-bond donors (Lipinski definition) is 1. The zero-order valence-electron chi connectivity index (χ0n) is 18.2. The van der Waals surface area contributed by atoms with Crippen LogP contribution in [0.1, 0.15) is 25.7 Å². The van der Waals surface area contributed by atoms with Gasteiger partial charge in [0.2, 0.25) is 0 Å². The molecule has 2 aromatic heterocycles. The van der Waals surface area contributed by atoms with Crippen LogP contribution in [0.2, 0.25) is 0 Å². The first-order valence-electron chi connectivity index (χ1n) is 11.3. The molecule has 1 aliphatic carbocycles. The Morgan fingerprint density at radius 2 is 1.85 bits per heavy atom. The van der Waals surface area contributed by atoms with E-state index in [1.54, 1.807) is 18.5 Å². The second-order valence-electron chi connectivity index (χ2n) is 8.36. The summed E-state index contributed by atoms with van der Waals surface area (Å²) in [6, 6.07) is 7.53. The predicted molar refractivity (Wildman–Crippen MR) is 124 cm³/mol. The Balaban J connectivity index is 1.24. The first kappa shape index (κ1) is 21.3. The maximum absolute atomic E-state index is 10.8. The molecule has 1 saturated heterocycles. The normalized spacial score (nSPS) is 21.0. The summed E-state index contributed by atoms with van der Waals surface area (Å²) in [4.78, 5) is 25.8. The maximum atomic E-state index is 10.8. The molecule has 3 heterocycles. The van der Waals surface area contributed by atoms with E-state index in [0.717, 1.165) is 74.5 Å². The van der Waals surface area contributed by atoms with Gasteiger partial charge in [-0.2, -0.15) is 0 Å². The molecule has 0 unspecified atom stereocenters. The van der Waals surface area contributed by atoms with Crippen LogP contribution in [0, 0.1) is 10.1 Å². The van der Waals surface area contributed by atoms with E-state index in [0.29, 0.717) is 5.82 Å². The van der Waals surface area contributed by atoms with Gasteiger partial charge in [0.05, 0.1) is 29.8 Å². The number of fused-ring (bicyclic) bond motifs is 1. The number of aromatic nitrogens is 3. The molecule has 172 valence electrons. The highest BCUT2D eigenvalue weighted by Crippen LogP contribution is 2.33. The van der Waals surface area contributed by atoms with Crippen LogP contribution in [-0.2, 0) is 4.74 Å². The lowest BCUT2D eigenvalue weighted by atomic mass is 9.93. The summed E-state index contributed by atoms with van der Waals surface area (Å²) in [5.74, 6) is 1.43. The predicted octanol–water partition coefficient (Wildman–Crippen LogP) is 3.57. The summed E-state index contributed by atoms with van der Waals surface area (Å²) < 4.78 is 12.0. The van der Waals surface area contributed by atoms with Crippen molar-refractivity contribution in [1.29, 1.82) is 0 Å². The van der Waals surface area contributed by atoms with Gasteiger partial charge < -0.3 is 19.7 Å². The van der Waals surface area contributed by atoms with Gasteiger partial charge in [0.15, 0.2) is 0 Å². The molecule has 0 radical (unpaired) electrons. The van der Waals surface area contributed by atoms with Crippen molar-refractivity contribution in [2.24, 2.45) is 0 Å². The van der Waals surface area contributed by atoms with Gasteiger partial charge in [0.25, 0.3) is 5.69 Å². The van der Waals surface area contributed by atoms with E-state index in [2.05, 4.69) is 37.3 Å². The monoisotopic (exact) mass is 450 g/mol. The van der Waals surface area contributed by atoms with Crippen LogP contribution in [-0.4, -0.2) is 58.3 Å². The first-order valence-corrected chi connectivity index (χ1v) is 11.3. The van der Waals surface area contributed by atoms with Crippen molar-refractivity contribution in [1.82, 2.24) is 15.0 Å². The molecule has 2 fully saturated rings. The Morgan fingerprint density at radius 1 is 1.06 bits per heavy atom. The third-order valence-corrected chi connectivity index (χ3v) is 6.18. The molecule has 10 nitrogen and oxygen atoms in total. The number of nitrogens with one attached hydrogen (secondary N) is 1. The summed E-state index contributed by atoms with van der Waals surface area (Å²) in [6.07, 6.45) is 8.43. The molecule has 1 saturated carbocycles. The van der Waals surface area contributed by atoms with E-state index in [1.165, 1.54) is 12.3 Å². The van der Waals surface area contributed by atoms with Gasteiger partial charge in [-0.25, -0.2) is 9.97 Å². The number of pyridine rings is 1. The van der Waals surface area contributed by atoms with Gasteiger partial charge >= 0.3 is 0 Å². The molecule has 0 atom stereocenters. The van der Waals surface area contributed by atoms with Crippen molar-refractivity contribution in [2.45, 2.75) is 37.8 Å². The molecule has 10 heteroatoms. The summed E-state index contributed by atoms with van der Waals surface area (Å²) in [5, 5.41) is 14.2. The molecule has 3 aromatic rings. The summed E-state index contributed by atoms with van der Waals surface area (Å²) >= 11 is 0. The topological polar surface area (TPSA) is 116 Å². The number of hydrogen-bond acceptors (Lipinski definition) is 9. The fourth-order valence-electron chi connectivity index (χ4n) is 4.42. The maximum Gasteiger partial charge on any atom is 0.287 e. The van der Waals surface area contributed by atoms with Gasteiger partial charge in [-0.05, 0) is 37.8 Å². The summed E-state index contributed by atoms with van der Waals surface area (Å²) in [5.41, 5.74) is 2.69. The van der Waals surface area contributed by atoms with Crippen molar-refractivity contribution < 1.29 is 14.4 Å². The van der Waals surface area contributed by atoms with Gasteiger partial charge in [-0.3, -0.25) is 15.1 Å². The smallest absolute Gasteiger partial charge is 0.287 e. The Kier molecular flexibility index (Phi) is 6.16.